The van der Waals surface area contributed by atoms with Gasteiger partial charge in [-0.15, -0.1) is 0 Å². The van der Waals surface area contributed by atoms with Gasteiger partial charge in [0, 0.05) is 18.1 Å². The number of allylic oxidation sites excluding steroid dienone is 2. The zero-order chi connectivity index (χ0) is 17.2. The number of carbonyl (C=O) groups excluding carboxylic acids is 1. The summed E-state index contributed by atoms with van der Waals surface area (Å²) < 4.78 is 1.88. The lowest BCUT2D eigenvalue weighted by Gasteiger charge is -2.25. The number of imidazole rings is 1. The quantitative estimate of drug-likeness (QED) is 0.653. The van der Waals surface area contributed by atoms with Crippen LogP contribution in [0.4, 0.5) is 0 Å². The lowest BCUT2D eigenvalue weighted by molar-refractivity contribution is -0.155. The number of carbonyl (C=O) groups is 2. The highest BCUT2D eigenvalue weighted by Gasteiger charge is 2.46. The van der Waals surface area contributed by atoms with Crippen molar-refractivity contribution in [1.29, 1.82) is 0 Å². The molecule has 0 aliphatic heterocycles. The smallest absolute Gasteiger partial charge is 0.319 e. The van der Waals surface area contributed by atoms with E-state index in [9.17, 15) is 14.7 Å². The van der Waals surface area contributed by atoms with Gasteiger partial charge in [0.2, 0.25) is 5.91 Å². The Morgan fingerprint density at radius 1 is 1.25 bits per heavy atom. The summed E-state index contributed by atoms with van der Waals surface area (Å²) in [7, 11) is 0. The summed E-state index contributed by atoms with van der Waals surface area (Å²) in [5.74, 6) is -0.917. The maximum Gasteiger partial charge on any atom is 0.319 e. The van der Waals surface area contributed by atoms with E-state index in [1.54, 1.807) is 25.3 Å². The Kier molecular flexibility index (Phi) is 4.20. The number of nitrogens with one attached hydrogen (secondary N) is 1. The number of para-hydroxylation sites is 1. The van der Waals surface area contributed by atoms with Gasteiger partial charge in [-0.25, -0.2) is 4.98 Å². The molecule has 24 heavy (non-hydrogen) atoms. The molecule has 1 aliphatic carbocycles. The molecular weight excluding hydrogens is 306 g/mol. The molecule has 6 heteroatoms. The standard InChI is InChI=1S/C18H19N3O3/c1-13(20-16(22)18(17(23)24)9-5-6-10-18)15-19-11-12-21(15)14-7-3-2-4-8-14/h2-8,11-13H,9-10H2,1H3,(H,20,22)(H,23,24). The van der Waals surface area contributed by atoms with Crippen LogP contribution in [0.15, 0.2) is 54.9 Å². The highest BCUT2D eigenvalue weighted by molar-refractivity contribution is 6.02. The number of hydrogen-bond donors (Lipinski definition) is 2. The molecule has 1 aromatic heterocycles. The van der Waals surface area contributed by atoms with E-state index < -0.39 is 23.3 Å². The van der Waals surface area contributed by atoms with Crippen molar-refractivity contribution < 1.29 is 14.7 Å². The van der Waals surface area contributed by atoms with Crippen molar-refractivity contribution in [3.63, 3.8) is 0 Å². The van der Waals surface area contributed by atoms with E-state index in [-0.39, 0.29) is 12.8 Å². The van der Waals surface area contributed by atoms with Crippen LogP contribution in [0.25, 0.3) is 5.69 Å². The van der Waals surface area contributed by atoms with Crippen molar-refractivity contribution in [2.24, 2.45) is 5.41 Å². The molecule has 0 fully saturated rings. The van der Waals surface area contributed by atoms with E-state index in [1.807, 2.05) is 41.1 Å². The lowest BCUT2D eigenvalue weighted by Crippen LogP contribution is -2.46. The SMILES string of the molecule is CC(NC(=O)C1(C(=O)O)CC=CC1)c1nccn1-c1ccccc1. The molecule has 0 saturated heterocycles. The third-order valence-corrected chi connectivity index (χ3v) is 4.38. The van der Waals surface area contributed by atoms with E-state index in [0.717, 1.165) is 5.69 Å². The first-order valence-electron chi connectivity index (χ1n) is 7.82. The van der Waals surface area contributed by atoms with E-state index in [1.165, 1.54) is 0 Å². The van der Waals surface area contributed by atoms with Crippen LogP contribution in [0, 0.1) is 5.41 Å². The van der Waals surface area contributed by atoms with E-state index in [2.05, 4.69) is 10.3 Å². The number of amides is 1. The van der Waals surface area contributed by atoms with Crippen molar-refractivity contribution in [3.8, 4) is 5.69 Å². The Bertz CT molecular complexity index is 772. The Hall–Kier alpha value is -2.89. The maximum atomic E-state index is 12.6. The molecule has 1 heterocycles. The van der Waals surface area contributed by atoms with Crippen LogP contribution in [-0.2, 0) is 9.59 Å². The maximum absolute atomic E-state index is 12.6. The van der Waals surface area contributed by atoms with Gasteiger partial charge < -0.3 is 15.0 Å². The van der Waals surface area contributed by atoms with E-state index in [4.69, 9.17) is 0 Å². The highest BCUT2D eigenvalue weighted by Crippen LogP contribution is 2.34. The molecule has 2 aromatic rings. The van der Waals surface area contributed by atoms with Gasteiger partial charge in [-0.05, 0) is 31.9 Å². The largest absolute Gasteiger partial charge is 0.480 e. The molecule has 0 bridgehead atoms. The summed E-state index contributed by atoms with van der Waals surface area (Å²) in [6.45, 7) is 1.80. The van der Waals surface area contributed by atoms with Gasteiger partial charge in [0.25, 0.3) is 0 Å². The van der Waals surface area contributed by atoms with Crippen molar-refractivity contribution in [2.45, 2.75) is 25.8 Å². The molecule has 0 saturated carbocycles. The van der Waals surface area contributed by atoms with Crippen LogP contribution in [0.3, 0.4) is 0 Å². The first-order chi connectivity index (χ1) is 11.5. The summed E-state index contributed by atoms with van der Waals surface area (Å²) in [5, 5.41) is 12.3. The molecule has 0 radical (unpaired) electrons. The fourth-order valence-electron chi connectivity index (χ4n) is 2.95. The predicted molar refractivity (Wildman–Crippen MR) is 88.6 cm³/mol. The number of carboxylic acid groups (broad SMARTS) is 1. The third-order valence-electron chi connectivity index (χ3n) is 4.38. The molecule has 3 rings (SSSR count). The molecule has 1 atom stereocenters. The molecule has 1 aromatic carbocycles. The Balaban J connectivity index is 1.81. The van der Waals surface area contributed by atoms with Gasteiger partial charge in [-0.2, -0.15) is 0 Å². The minimum absolute atomic E-state index is 0.216. The van der Waals surface area contributed by atoms with Crippen LogP contribution in [0.2, 0.25) is 0 Å². The molecule has 1 aliphatic rings. The number of hydrogen-bond acceptors (Lipinski definition) is 3. The number of rotatable bonds is 5. The first kappa shape index (κ1) is 16.0. The summed E-state index contributed by atoms with van der Waals surface area (Å²) in [6, 6.07) is 9.25. The van der Waals surface area contributed by atoms with Crippen LogP contribution in [-0.4, -0.2) is 26.5 Å². The van der Waals surface area contributed by atoms with Gasteiger partial charge >= 0.3 is 5.97 Å². The number of aliphatic carboxylic acids is 1. The Labute approximate surface area is 139 Å². The zero-order valence-corrected chi connectivity index (χ0v) is 13.3. The van der Waals surface area contributed by atoms with Gasteiger partial charge in [-0.1, -0.05) is 30.4 Å². The average molecular weight is 325 g/mol. The highest BCUT2D eigenvalue weighted by atomic mass is 16.4. The minimum atomic E-state index is -1.40. The third kappa shape index (κ3) is 2.71. The summed E-state index contributed by atoms with van der Waals surface area (Å²) in [5.41, 5.74) is -0.472. The topological polar surface area (TPSA) is 84.2 Å². The first-order valence-corrected chi connectivity index (χ1v) is 7.82. The second-order valence-corrected chi connectivity index (χ2v) is 5.95. The van der Waals surface area contributed by atoms with Crippen LogP contribution in [0.5, 0.6) is 0 Å². The molecular formula is C18H19N3O3. The predicted octanol–water partition coefficient (Wildman–Crippen LogP) is 2.47. The molecule has 1 unspecified atom stereocenters. The second kappa shape index (κ2) is 6.31. The van der Waals surface area contributed by atoms with Crippen molar-refractivity contribution in [1.82, 2.24) is 14.9 Å². The zero-order valence-electron chi connectivity index (χ0n) is 13.3. The monoisotopic (exact) mass is 325 g/mol. The lowest BCUT2D eigenvalue weighted by atomic mass is 9.84. The molecule has 124 valence electrons. The van der Waals surface area contributed by atoms with Crippen LogP contribution >= 0.6 is 0 Å². The van der Waals surface area contributed by atoms with Gasteiger partial charge in [-0.3, -0.25) is 9.59 Å². The van der Waals surface area contributed by atoms with Crippen LogP contribution < -0.4 is 5.32 Å². The van der Waals surface area contributed by atoms with Crippen molar-refractivity contribution in [3.05, 3.63) is 60.7 Å². The molecule has 0 spiro atoms. The summed E-state index contributed by atoms with van der Waals surface area (Å²) in [6.07, 6.45) is 7.39. The van der Waals surface area contributed by atoms with Gasteiger partial charge in [0.15, 0.2) is 5.41 Å². The fraction of sp³-hybridized carbons (Fsp3) is 0.278. The Morgan fingerprint density at radius 2 is 1.92 bits per heavy atom. The van der Waals surface area contributed by atoms with Crippen molar-refractivity contribution >= 4 is 11.9 Å². The van der Waals surface area contributed by atoms with Gasteiger partial charge in [0.1, 0.15) is 5.82 Å². The number of aromatic nitrogens is 2. The van der Waals surface area contributed by atoms with E-state index in [0.29, 0.717) is 5.82 Å². The molecule has 2 N–H and O–H groups in total. The van der Waals surface area contributed by atoms with Gasteiger partial charge in [0.05, 0.1) is 6.04 Å². The number of carboxylic acids is 1. The average Bonchev–Trinajstić information content (AvgIpc) is 3.25. The number of nitrogens with zero attached hydrogens (tertiary/aromatic N) is 2. The summed E-state index contributed by atoms with van der Waals surface area (Å²) >= 11 is 0. The van der Waals surface area contributed by atoms with E-state index >= 15 is 0 Å². The molecule has 1 amide bonds. The Morgan fingerprint density at radius 3 is 2.54 bits per heavy atom. The number of benzene rings is 1. The van der Waals surface area contributed by atoms with Crippen molar-refractivity contribution in [2.75, 3.05) is 0 Å². The normalized spacial score (nSPS) is 16.7. The second-order valence-electron chi connectivity index (χ2n) is 5.95. The minimum Gasteiger partial charge on any atom is -0.480 e. The fourth-order valence-corrected chi connectivity index (χ4v) is 2.95. The summed E-state index contributed by atoms with van der Waals surface area (Å²) in [4.78, 5) is 28.5. The van der Waals surface area contributed by atoms with Crippen LogP contribution in [0.1, 0.15) is 31.6 Å². The molecule has 6 nitrogen and oxygen atoms in total.